The summed E-state index contributed by atoms with van der Waals surface area (Å²) in [6.07, 6.45) is 3.55. The van der Waals surface area contributed by atoms with Gasteiger partial charge < -0.3 is 40.3 Å². The van der Waals surface area contributed by atoms with Crippen LogP contribution in [0.3, 0.4) is 0 Å². The summed E-state index contributed by atoms with van der Waals surface area (Å²) < 4.78 is 5.81. The highest BCUT2D eigenvalue weighted by atomic mass is 16.5. The second-order valence-electron chi connectivity index (χ2n) is 13.6. The monoisotopic (exact) mass is 657 g/mol. The van der Waals surface area contributed by atoms with E-state index in [2.05, 4.69) is 51.3 Å². The predicted octanol–water partition coefficient (Wildman–Crippen LogP) is 3.40. The molecule has 256 valence electrons. The largest absolute Gasteiger partial charge is 0.394 e. The fourth-order valence-electron chi connectivity index (χ4n) is 7.56. The number of rotatable bonds is 9. The third-order valence-electron chi connectivity index (χ3n) is 10.3. The van der Waals surface area contributed by atoms with E-state index in [9.17, 15) is 15.0 Å². The normalized spacial score (nSPS) is 24.4. The van der Waals surface area contributed by atoms with E-state index in [0.717, 1.165) is 68.8 Å². The highest BCUT2D eigenvalue weighted by Crippen LogP contribution is 2.36. The standard InChI is InChI=1S/C35H47N9O4/c1-23(2)41-15-17-42(18-16-41)27-9-7-26(8-10-27)37-35(47)36-25-5-3-24(4-6-25)32-38-33(43-28(19-45)11-12-29(43)20-46)40-34(39-32)44-30-13-14-31(44)22-48-21-30/h3-10,23,28-31,45-46H,11-22H2,1-2H3,(H2,36,37,47). The number of ether oxygens (including phenoxy) is 1. The molecule has 4 aliphatic rings. The number of aliphatic hydroxyl groups excluding tert-OH is 2. The zero-order valence-corrected chi connectivity index (χ0v) is 27.8. The average Bonchev–Trinajstić information content (AvgIpc) is 3.65. The molecule has 0 aliphatic carbocycles. The molecule has 4 saturated heterocycles. The number of aliphatic hydroxyl groups is 2. The van der Waals surface area contributed by atoms with Gasteiger partial charge in [0.1, 0.15) is 0 Å². The number of piperazine rings is 1. The minimum atomic E-state index is -0.326. The number of nitrogens with one attached hydrogen (secondary N) is 2. The minimum absolute atomic E-state index is 0.0437. The summed E-state index contributed by atoms with van der Waals surface area (Å²) in [6, 6.07) is 15.7. The summed E-state index contributed by atoms with van der Waals surface area (Å²) in [5, 5.41) is 26.1. The molecule has 4 atom stereocenters. The lowest BCUT2D eigenvalue weighted by Crippen LogP contribution is -2.48. The van der Waals surface area contributed by atoms with Gasteiger partial charge in [0.05, 0.1) is 50.6 Å². The van der Waals surface area contributed by atoms with E-state index >= 15 is 0 Å². The molecule has 3 aromatic rings. The van der Waals surface area contributed by atoms with Crippen LogP contribution in [0.15, 0.2) is 48.5 Å². The first kappa shape index (κ1) is 32.5. The van der Waals surface area contributed by atoms with Crippen LogP contribution in [0.1, 0.15) is 39.5 Å². The van der Waals surface area contributed by atoms with Gasteiger partial charge in [-0.1, -0.05) is 0 Å². The Bertz CT molecular complexity index is 1520. The molecule has 2 aromatic carbocycles. The molecule has 2 amide bonds. The summed E-state index contributed by atoms with van der Waals surface area (Å²) in [7, 11) is 0. The summed E-state index contributed by atoms with van der Waals surface area (Å²) in [6.45, 7) is 9.75. The highest BCUT2D eigenvalue weighted by Gasteiger charge is 2.41. The fourth-order valence-corrected chi connectivity index (χ4v) is 7.56. The molecular weight excluding hydrogens is 610 g/mol. The second-order valence-corrected chi connectivity index (χ2v) is 13.6. The number of urea groups is 1. The van der Waals surface area contributed by atoms with Crippen molar-refractivity contribution in [3.8, 4) is 11.4 Å². The molecule has 48 heavy (non-hydrogen) atoms. The number of aromatic nitrogens is 3. The number of carbonyl (C=O) groups is 1. The number of hydrogen-bond acceptors (Lipinski definition) is 11. The maximum Gasteiger partial charge on any atom is 0.323 e. The summed E-state index contributed by atoms with van der Waals surface area (Å²) >= 11 is 0. The molecule has 2 bridgehead atoms. The molecule has 0 spiro atoms. The molecule has 4 fully saturated rings. The first-order valence-corrected chi connectivity index (χ1v) is 17.3. The van der Waals surface area contributed by atoms with Gasteiger partial charge in [0, 0.05) is 54.8 Å². The first-order chi connectivity index (χ1) is 23.4. The van der Waals surface area contributed by atoms with Crippen molar-refractivity contribution in [2.45, 2.75) is 69.7 Å². The number of amides is 2. The third-order valence-corrected chi connectivity index (χ3v) is 10.3. The van der Waals surface area contributed by atoms with Crippen molar-refractivity contribution in [3.63, 3.8) is 0 Å². The van der Waals surface area contributed by atoms with E-state index in [-0.39, 0.29) is 43.4 Å². The number of hydrogen-bond donors (Lipinski definition) is 4. The highest BCUT2D eigenvalue weighted by molar-refractivity contribution is 6.00. The lowest BCUT2D eigenvalue weighted by molar-refractivity contribution is 0.0897. The van der Waals surface area contributed by atoms with Gasteiger partial charge in [0.2, 0.25) is 11.9 Å². The minimum Gasteiger partial charge on any atom is -0.394 e. The Morgan fingerprint density at radius 3 is 1.85 bits per heavy atom. The van der Waals surface area contributed by atoms with Crippen molar-refractivity contribution in [3.05, 3.63) is 48.5 Å². The predicted molar refractivity (Wildman–Crippen MR) is 187 cm³/mol. The van der Waals surface area contributed by atoms with Crippen LogP contribution in [0.25, 0.3) is 11.4 Å². The van der Waals surface area contributed by atoms with Gasteiger partial charge in [0.25, 0.3) is 0 Å². The number of benzene rings is 2. The van der Waals surface area contributed by atoms with Crippen LogP contribution in [0, 0.1) is 0 Å². The van der Waals surface area contributed by atoms with Crippen LogP contribution in [0.2, 0.25) is 0 Å². The number of fused-ring (bicyclic) bond motifs is 2. The Morgan fingerprint density at radius 2 is 1.31 bits per heavy atom. The number of anilines is 5. The quantitative estimate of drug-likeness (QED) is 0.269. The zero-order chi connectivity index (χ0) is 33.2. The van der Waals surface area contributed by atoms with Gasteiger partial charge >= 0.3 is 6.03 Å². The van der Waals surface area contributed by atoms with E-state index in [4.69, 9.17) is 19.7 Å². The van der Waals surface area contributed by atoms with Crippen molar-refractivity contribution >= 4 is 35.0 Å². The van der Waals surface area contributed by atoms with Gasteiger partial charge in [-0.05, 0) is 88.1 Å². The Morgan fingerprint density at radius 1 is 0.771 bits per heavy atom. The van der Waals surface area contributed by atoms with Crippen molar-refractivity contribution < 1.29 is 19.7 Å². The Balaban J connectivity index is 1.05. The fraction of sp³-hybridized carbons (Fsp3) is 0.543. The van der Waals surface area contributed by atoms with Gasteiger partial charge in [-0.2, -0.15) is 15.0 Å². The van der Waals surface area contributed by atoms with E-state index in [0.29, 0.717) is 42.7 Å². The summed E-state index contributed by atoms with van der Waals surface area (Å²) in [4.78, 5) is 36.7. The Kier molecular flexibility index (Phi) is 9.62. The van der Waals surface area contributed by atoms with Crippen LogP contribution in [0.4, 0.5) is 33.8 Å². The third kappa shape index (κ3) is 6.77. The van der Waals surface area contributed by atoms with Gasteiger partial charge in [0.15, 0.2) is 5.82 Å². The molecule has 1 aromatic heterocycles. The van der Waals surface area contributed by atoms with Crippen molar-refractivity contribution in [1.82, 2.24) is 19.9 Å². The van der Waals surface area contributed by atoms with Crippen molar-refractivity contribution in [1.29, 1.82) is 0 Å². The van der Waals surface area contributed by atoms with Crippen LogP contribution in [-0.2, 0) is 4.74 Å². The van der Waals surface area contributed by atoms with E-state index in [1.165, 1.54) is 0 Å². The lowest BCUT2D eigenvalue weighted by atomic mass is 10.2. The Hall–Kier alpha value is -4.04. The lowest BCUT2D eigenvalue weighted by Gasteiger charge is -2.38. The zero-order valence-electron chi connectivity index (χ0n) is 27.8. The van der Waals surface area contributed by atoms with Crippen LogP contribution >= 0.6 is 0 Å². The average molecular weight is 658 g/mol. The molecule has 0 saturated carbocycles. The molecule has 4 N–H and O–H groups in total. The van der Waals surface area contributed by atoms with Crippen LogP contribution in [-0.4, -0.2) is 119 Å². The van der Waals surface area contributed by atoms with Gasteiger partial charge in [-0.3, -0.25) is 4.90 Å². The topological polar surface area (TPSA) is 142 Å². The van der Waals surface area contributed by atoms with Crippen molar-refractivity contribution in [2.75, 3.05) is 77.9 Å². The van der Waals surface area contributed by atoms with E-state index in [1.807, 2.05) is 41.3 Å². The molecule has 7 rings (SSSR count). The van der Waals surface area contributed by atoms with Crippen molar-refractivity contribution in [2.24, 2.45) is 0 Å². The number of nitrogens with zero attached hydrogens (tertiary/aromatic N) is 7. The molecule has 0 radical (unpaired) electrons. The van der Waals surface area contributed by atoms with Crippen LogP contribution < -0.4 is 25.3 Å². The van der Waals surface area contributed by atoms with E-state index in [1.54, 1.807) is 0 Å². The van der Waals surface area contributed by atoms with Gasteiger partial charge in [-0.15, -0.1) is 0 Å². The number of morpholine rings is 1. The molecule has 13 nitrogen and oxygen atoms in total. The molecule has 4 aliphatic heterocycles. The SMILES string of the molecule is CC(C)N1CCN(c2ccc(NC(=O)Nc3ccc(-c4nc(N5C(CO)CCC5CO)nc(N5C6CCC5COC6)n4)cc3)cc2)CC1. The maximum atomic E-state index is 12.9. The first-order valence-electron chi connectivity index (χ1n) is 17.3. The van der Waals surface area contributed by atoms with E-state index < -0.39 is 0 Å². The maximum absolute atomic E-state index is 12.9. The molecule has 4 unspecified atom stereocenters. The smallest absolute Gasteiger partial charge is 0.323 e. The van der Waals surface area contributed by atoms with Gasteiger partial charge in [-0.25, -0.2) is 4.79 Å². The Labute approximate surface area is 281 Å². The number of carbonyl (C=O) groups excluding carboxylic acids is 1. The molecule has 5 heterocycles. The second kappa shape index (κ2) is 14.2. The molecule has 13 heteroatoms. The van der Waals surface area contributed by atoms with Crippen LogP contribution in [0.5, 0.6) is 0 Å². The summed E-state index contributed by atoms with van der Waals surface area (Å²) in [5.74, 6) is 1.56. The molecular formula is C35H47N9O4. The summed E-state index contributed by atoms with van der Waals surface area (Å²) in [5.41, 5.74) is 3.29.